The molecule has 3 nitrogen and oxygen atoms in total. The van der Waals surface area contributed by atoms with Crippen LogP contribution in [0.1, 0.15) is 0 Å². The van der Waals surface area contributed by atoms with Crippen LogP contribution in [0.5, 0.6) is 0 Å². The van der Waals surface area contributed by atoms with Gasteiger partial charge in [-0.2, -0.15) is 12.1 Å². The van der Waals surface area contributed by atoms with Crippen LogP contribution in [0.25, 0.3) is 0 Å². The van der Waals surface area contributed by atoms with Crippen molar-refractivity contribution in [2.24, 2.45) is 0 Å². The number of nitrogens with zero attached hydrogens (tertiary/aromatic N) is 1. The van der Waals surface area contributed by atoms with Crippen LogP contribution < -0.4 is 0 Å². The van der Waals surface area contributed by atoms with Crippen molar-refractivity contribution in [3.8, 4) is 0 Å². The molecule has 1 aromatic carbocycles. The minimum atomic E-state index is -3.43. The monoisotopic (exact) mass is 270 g/mol. The van der Waals surface area contributed by atoms with E-state index in [1.54, 1.807) is 42.5 Å². The average Bonchev–Trinajstić information content (AvgIpc) is 2.72. The normalized spacial score (nSPS) is 10.7. The fraction of sp³-hybridized carbons (Fsp3) is 0. The van der Waals surface area contributed by atoms with Gasteiger partial charge in [0.1, 0.15) is 0 Å². The van der Waals surface area contributed by atoms with Gasteiger partial charge in [-0.3, -0.25) is 0 Å². The number of benzene rings is 1. The van der Waals surface area contributed by atoms with E-state index >= 15 is 0 Å². The largest absolute Gasteiger partial charge is 0.368 e. The first kappa shape index (κ1) is 12.1. The zero-order valence-electron chi connectivity index (χ0n) is 8.00. The molecule has 15 heavy (non-hydrogen) atoms. The summed E-state index contributed by atoms with van der Waals surface area (Å²) >= 11 is 0. The summed E-state index contributed by atoms with van der Waals surface area (Å²) < 4.78 is 24.7. The second-order valence-corrected chi connectivity index (χ2v) is 4.57. The fourth-order valence-electron chi connectivity index (χ4n) is 1.14. The Labute approximate surface area is 102 Å². The van der Waals surface area contributed by atoms with Crippen LogP contribution >= 0.6 is 0 Å². The molecule has 0 unspecified atom stereocenters. The molecular formula is C10H8NO2SZn-. The van der Waals surface area contributed by atoms with Crippen molar-refractivity contribution in [2.45, 2.75) is 4.90 Å². The van der Waals surface area contributed by atoms with E-state index in [2.05, 4.69) is 6.20 Å². The molecule has 74 valence electrons. The Morgan fingerprint density at radius 3 is 2.27 bits per heavy atom. The van der Waals surface area contributed by atoms with E-state index in [9.17, 15) is 8.42 Å². The number of rotatable bonds is 2. The molecule has 0 aliphatic rings. The van der Waals surface area contributed by atoms with Gasteiger partial charge in [0, 0.05) is 19.5 Å². The van der Waals surface area contributed by atoms with E-state index in [1.165, 1.54) is 6.20 Å². The van der Waals surface area contributed by atoms with Crippen molar-refractivity contribution >= 4 is 10.0 Å². The number of hydrogen-bond donors (Lipinski definition) is 0. The maximum Gasteiger partial charge on any atom is 0.246 e. The van der Waals surface area contributed by atoms with Crippen LogP contribution in [0.15, 0.2) is 53.6 Å². The zero-order valence-corrected chi connectivity index (χ0v) is 11.8. The molecule has 0 atom stereocenters. The summed E-state index contributed by atoms with van der Waals surface area (Å²) in [6, 6.07) is 11.5. The van der Waals surface area contributed by atoms with Crippen molar-refractivity contribution in [3.63, 3.8) is 0 Å². The first-order valence-electron chi connectivity index (χ1n) is 4.07. The van der Waals surface area contributed by atoms with Gasteiger partial charge < -0.3 is 3.97 Å². The third kappa shape index (κ3) is 2.36. The maximum atomic E-state index is 11.8. The van der Waals surface area contributed by atoms with E-state index < -0.39 is 10.0 Å². The predicted octanol–water partition coefficient (Wildman–Crippen LogP) is 1.52. The third-order valence-electron chi connectivity index (χ3n) is 1.82. The van der Waals surface area contributed by atoms with Crippen molar-refractivity contribution < 1.29 is 27.9 Å². The Bertz CT molecular complexity index is 506. The van der Waals surface area contributed by atoms with E-state index in [1.807, 2.05) is 0 Å². The summed E-state index contributed by atoms with van der Waals surface area (Å²) in [5.41, 5.74) is 0. The smallest absolute Gasteiger partial charge is 0.246 e. The minimum absolute atomic E-state index is 0. The van der Waals surface area contributed by atoms with Crippen molar-refractivity contribution in [1.82, 2.24) is 3.97 Å². The first-order chi connectivity index (χ1) is 6.71. The molecule has 5 heteroatoms. The topological polar surface area (TPSA) is 39.1 Å². The Hall–Kier alpha value is -0.927. The van der Waals surface area contributed by atoms with Gasteiger partial charge in [-0.15, -0.1) is 6.20 Å². The SMILES string of the molecule is O=S(=O)(c1ccccc1)n1[c-]ccc1.[Zn]. The molecule has 0 bridgehead atoms. The van der Waals surface area contributed by atoms with Gasteiger partial charge >= 0.3 is 0 Å². The van der Waals surface area contributed by atoms with E-state index in [-0.39, 0.29) is 24.4 Å². The molecule has 0 saturated heterocycles. The maximum absolute atomic E-state index is 11.8. The van der Waals surface area contributed by atoms with Crippen LogP contribution in [0, 0.1) is 6.20 Å². The van der Waals surface area contributed by atoms with Gasteiger partial charge in [-0.25, -0.2) is 8.42 Å². The molecule has 0 aliphatic carbocycles. The standard InChI is InChI=1S/C10H8NO2S.Zn/c12-14(13,11-8-4-5-9-11)10-6-2-1-3-7-10;/h1-8H;/q-1;. The second kappa shape index (κ2) is 4.73. The summed E-state index contributed by atoms with van der Waals surface area (Å²) in [7, 11) is -3.43. The van der Waals surface area contributed by atoms with Gasteiger partial charge in [0.2, 0.25) is 10.0 Å². The first-order valence-corrected chi connectivity index (χ1v) is 5.51. The van der Waals surface area contributed by atoms with Gasteiger partial charge in [0.25, 0.3) is 0 Å². The van der Waals surface area contributed by atoms with E-state index in [0.29, 0.717) is 0 Å². The number of aromatic nitrogens is 1. The Morgan fingerprint density at radius 2 is 1.73 bits per heavy atom. The molecule has 0 saturated carbocycles. The molecule has 2 aromatic rings. The summed E-state index contributed by atoms with van der Waals surface area (Å²) in [5.74, 6) is 0. The minimum Gasteiger partial charge on any atom is -0.368 e. The van der Waals surface area contributed by atoms with E-state index in [4.69, 9.17) is 0 Å². The van der Waals surface area contributed by atoms with Crippen molar-refractivity contribution in [3.05, 3.63) is 54.9 Å². The Balaban J connectivity index is 0.00000112. The molecule has 0 aliphatic heterocycles. The third-order valence-corrected chi connectivity index (χ3v) is 3.43. The summed E-state index contributed by atoms with van der Waals surface area (Å²) in [6.07, 6.45) is 4.07. The predicted molar refractivity (Wildman–Crippen MR) is 52.3 cm³/mol. The van der Waals surface area contributed by atoms with Gasteiger partial charge in [-0.1, -0.05) is 24.4 Å². The van der Waals surface area contributed by atoms with Crippen molar-refractivity contribution in [2.75, 3.05) is 0 Å². The quantitative estimate of drug-likeness (QED) is 0.614. The Morgan fingerprint density at radius 1 is 1.07 bits per heavy atom. The summed E-state index contributed by atoms with van der Waals surface area (Å²) in [4.78, 5) is 0.271. The van der Waals surface area contributed by atoms with Gasteiger partial charge in [0.05, 0.1) is 4.90 Å². The molecule has 0 N–H and O–H groups in total. The average molecular weight is 272 g/mol. The molecule has 1 heterocycles. The van der Waals surface area contributed by atoms with Gasteiger partial charge in [-0.05, 0) is 12.1 Å². The summed E-state index contributed by atoms with van der Waals surface area (Å²) in [6.45, 7) is 0. The van der Waals surface area contributed by atoms with Crippen LogP contribution in [0.2, 0.25) is 0 Å². The van der Waals surface area contributed by atoms with Crippen LogP contribution in [-0.2, 0) is 29.5 Å². The van der Waals surface area contributed by atoms with Gasteiger partial charge in [0.15, 0.2) is 0 Å². The molecule has 0 fully saturated rings. The molecule has 0 radical (unpaired) electrons. The Kier molecular flexibility index (Phi) is 3.83. The summed E-state index contributed by atoms with van der Waals surface area (Å²) in [5, 5.41) is 0. The number of hydrogen-bond acceptors (Lipinski definition) is 2. The molecule has 2 rings (SSSR count). The van der Waals surface area contributed by atoms with Crippen LogP contribution in [-0.4, -0.2) is 12.4 Å². The molecular weight excluding hydrogens is 264 g/mol. The molecule has 0 spiro atoms. The zero-order chi connectivity index (χ0) is 10.0. The van der Waals surface area contributed by atoms with Crippen LogP contribution in [0.4, 0.5) is 0 Å². The van der Waals surface area contributed by atoms with E-state index in [0.717, 1.165) is 3.97 Å². The fourth-order valence-corrected chi connectivity index (χ4v) is 2.29. The second-order valence-electron chi connectivity index (χ2n) is 2.75. The molecule has 1 aromatic heterocycles. The van der Waals surface area contributed by atoms with Crippen molar-refractivity contribution in [1.29, 1.82) is 0 Å². The van der Waals surface area contributed by atoms with Crippen LogP contribution in [0.3, 0.4) is 0 Å². The molecule has 0 amide bonds.